The summed E-state index contributed by atoms with van der Waals surface area (Å²) in [6.45, 7) is 0. The molecule has 3 aromatic heterocycles. The van der Waals surface area contributed by atoms with Crippen molar-refractivity contribution in [3.8, 4) is 67.8 Å². The minimum atomic E-state index is -0.351. The Morgan fingerprint density at radius 1 is 0.287 bits per heavy atom. The summed E-state index contributed by atoms with van der Waals surface area (Å²) in [7, 11) is 0. The second-order valence-corrected chi connectivity index (χ2v) is 20.1. The molecular weight excluding hydrogens is 977 g/mol. The van der Waals surface area contributed by atoms with Crippen LogP contribution in [0.1, 0.15) is 22.9 Å². The van der Waals surface area contributed by atoms with Crippen LogP contribution in [0.25, 0.3) is 111 Å². The maximum Gasteiger partial charge on any atom is 0.164 e. The first-order chi connectivity index (χ1) is 39.6. The number of fused-ring (bicyclic) bond motifs is 6. The molecule has 80 heavy (non-hydrogen) atoms. The second-order valence-electron chi connectivity index (χ2n) is 20.1. The van der Waals surface area contributed by atoms with E-state index in [9.17, 15) is 0 Å². The molecule has 11 aromatic carbocycles. The lowest BCUT2D eigenvalue weighted by Gasteiger charge is -2.24. The fraction of sp³-hybridized carbons (Fsp3) is 0.0139. The number of para-hydroxylation sites is 4. The minimum Gasteiger partial charge on any atom is -0.344 e. The zero-order valence-electron chi connectivity index (χ0n) is 43.3. The van der Waals surface area contributed by atoms with Crippen molar-refractivity contribution in [2.45, 2.75) is 6.17 Å². The fourth-order valence-electron chi connectivity index (χ4n) is 11.3. The van der Waals surface area contributed by atoms with Gasteiger partial charge in [-0.05, 0) is 107 Å². The summed E-state index contributed by atoms with van der Waals surface area (Å²) in [4.78, 5) is 25.5. The molecule has 0 amide bonds. The van der Waals surface area contributed by atoms with Crippen molar-refractivity contribution in [2.24, 2.45) is 9.98 Å². The second kappa shape index (κ2) is 19.6. The molecular formula is C72H48N8. The average molecular weight is 1030 g/mol. The van der Waals surface area contributed by atoms with Crippen LogP contribution >= 0.6 is 0 Å². The van der Waals surface area contributed by atoms with E-state index in [1.807, 2.05) is 48.5 Å². The Bertz CT molecular complexity index is 4590. The average Bonchev–Trinajstić information content (AvgIpc) is 4.19. The monoisotopic (exact) mass is 1020 g/mol. The molecule has 1 unspecified atom stereocenters. The molecule has 0 fully saturated rings. The zero-order chi connectivity index (χ0) is 52.9. The Balaban J connectivity index is 0.696. The van der Waals surface area contributed by atoms with Crippen LogP contribution in [0, 0.1) is 0 Å². The van der Waals surface area contributed by atoms with E-state index in [1.54, 1.807) is 0 Å². The van der Waals surface area contributed by atoms with Crippen LogP contribution in [0.4, 0.5) is 0 Å². The highest BCUT2D eigenvalue weighted by Gasteiger charge is 2.22. The number of nitrogens with zero attached hydrogens (tertiary/aromatic N) is 7. The van der Waals surface area contributed by atoms with Crippen molar-refractivity contribution in [2.75, 3.05) is 0 Å². The van der Waals surface area contributed by atoms with Crippen LogP contribution in [0.15, 0.2) is 289 Å². The van der Waals surface area contributed by atoms with Gasteiger partial charge in [-0.2, -0.15) is 0 Å². The quantitative estimate of drug-likeness (QED) is 0.148. The molecule has 15 rings (SSSR count). The number of benzene rings is 11. The van der Waals surface area contributed by atoms with Crippen LogP contribution < -0.4 is 5.32 Å². The van der Waals surface area contributed by atoms with Crippen LogP contribution in [0.2, 0.25) is 0 Å². The van der Waals surface area contributed by atoms with Crippen molar-refractivity contribution in [1.29, 1.82) is 0 Å². The van der Waals surface area contributed by atoms with E-state index in [2.05, 4.69) is 245 Å². The Kier molecular flexibility index (Phi) is 11.4. The molecule has 1 N–H and O–H groups in total. The first kappa shape index (κ1) is 46.5. The summed E-state index contributed by atoms with van der Waals surface area (Å²) in [6, 6.07) is 97.8. The van der Waals surface area contributed by atoms with Gasteiger partial charge in [0.15, 0.2) is 23.3 Å². The van der Waals surface area contributed by atoms with E-state index in [0.29, 0.717) is 23.3 Å². The number of aliphatic imine (C=N–C) groups is 2. The van der Waals surface area contributed by atoms with Crippen molar-refractivity contribution >= 4 is 55.3 Å². The van der Waals surface area contributed by atoms with Crippen molar-refractivity contribution in [1.82, 2.24) is 29.4 Å². The number of nitrogens with one attached hydrogen (secondary N) is 1. The third-order valence-electron chi connectivity index (χ3n) is 15.3. The Morgan fingerprint density at radius 3 is 1.10 bits per heavy atom. The van der Waals surface area contributed by atoms with Crippen molar-refractivity contribution in [3.05, 3.63) is 296 Å². The molecule has 0 aliphatic carbocycles. The molecule has 8 nitrogen and oxygen atoms in total. The van der Waals surface area contributed by atoms with Gasteiger partial charge in [0.1, 0.15) is 12.0 Å². The molecule has 0 saturated heterocycles. The molecule has 1 aliphatic rings. The standard InChI is InChI=1S/C72H48N8/c1-3-16-49(17-4-1)67-73-69(77-71(75-67)53-38-42-57(43-39-53)79-63-26-11-7-22-59(63)60-23-8-12-27-64(60)79)51-34-30-47(31-35-51)55-20-15-21-56(46-55)48-32-36-52(37-33-48)70-74-68(50-18-5-2-6-19-50)76-72(78-70)54-40-44-58(45-41-54)80-65-28-13-9-24-61(65)62-25-10-14-29-66(62)80/h1-46,69H,(H,73,75,77). The summed E-state index contributed by atoms with van der Waals surface area (Å²) < 4.78 is 4.66. The summed E-state index contributed by atoms with van der Waals surface area (Å²) in [5, 5.41) is 8.62. The number of hydrogen-bond donors (Lipinski definition) is 1. The zero-order valence-corrected chi connectivity index (χ0v) is 43.3. The van der Waals surface area contributed by atoms with Gasteiger partial charge < -0.3 is 14.5 Å². The molecule has 8 heteroatoms. The Morgan fingerprint density at radius 2 is 0.637 bits per heavy atom. The van der Waals surface area contributed by atoms with Gasteiger partial charge in [0.05, 0.1) is 22.1 Å². The molecule has 0 spiro atoms. The number of hydrogen-bond acceptors (Lipinski definition) is 6. The topological polar surface area (TPSA) is 85.3 Å². The van der Waals surface area contributed by atoms with Gasteiger partial charge in [0.25, 0.3) is 0 Å². The molecule has 0 saturated carbocycles. The Hall–Kier alpha value is -10.8. The third kappa shape index (κ3) is 8.40. The van der Waals surface area contributed by atoms with Gasteiger partial charge in [0, 0.05) is 60.7 Å². The lowest BCUT2D eigenvalue weighted by Crippen LogP contribution is -2.33. The minimum absolute atomic E-state index is 0.351. The van der Waals surface area contributed by atoms with Crippen LogP contribution in [-0.4, -0.2) is 35.8 Å². The number of aromatic nitrogens is 5. The molecule has 376 valence electrons. The van der Waals surface area contributed by atoms with E-state index in [4.69, 9.17) is 24.9 Å². The maximum atomic E-state index is 5.18. The van der Waals surface area contributed by atoms with Crippen LogP contribution in [-0.2, 0) is 0 Å². The Labute approximate surface area is 462 Å². The number of amidine groups is 2. The summed E-state index contributed by atoms with van der Waals surface area (Å²) in [5.41, 5.74) is 17.0. The fourth-order valence-corrected chi connectivity index (χ4v) is 11.3. The van der Waals surface area contributed by atoms with Gasteiger partial charge in [-0.15, -0.1) is 0 Å². The van der Waals surface area contributed by atoms with E-state index >= 15 is 0 Å². The van der Waals surface area contributed by atoms with E-state index in [-0.39, 0.29) is 6.17 Å². The molecule has 1 atom stereocenters. The van der Waals surface area contributed by atoms with E-state index in [1.165, 1.54) is 43.6 Å². The summed E-state index contributed by atoms with van der Waals surface area (Å²) in [6.07, 6.45) is -0.351. The molecule has 14 aromatic rings. The predicted octanol–water partition coefficient (Wildman–Crippen LogP) is 16.9. The highest BCUT2D eigenvalue weighted by molar-refractivity contribution is 6.14. The third-order valence-corrected chi connectivity index (χ3v) is 15.3. The van der Waals surface area contributed by atoms with E-state index < -0.39 is 0 Å². The SMILES string of the molecule is c1ccc(C2=NC(c3ccc(-c4cccc(-c5ccc(-c6nc(-c7ccccc7)nc(-c7ccc(-n8c9ccccc9c9ccccc98)cc7)n6)cc5)c4)cc3)NC(c3ccc(-n4c5ccccc5c5ccccc54)cc3)=N2)cc1. The first-order valence-corrected chi connectivity index (χ1v) is 26.9. The van der Waals surface area contributed by atoms with Gasteiger partial charge in [0.2, 0.25) is 0 Å². The van der Waals surface area contributed by atoms with Crippen LogP contribution in [0.3, 0.4) is 0 Å². The maximum absolute atomic E-state index is 5.18. The van der Waals surface area contributed by atoms with Gasteiger partial charge >= 0.3 is 0 Å². The van der Waals surface area contributed by atoms with Crippen LogP contribution in [0.5, 0.6) is 0 Å². The number of rotatable bonds is 10. The normalized spacial score (nSPS) is 13.4. The summed E-state index contributed by atoms with van der Waals surface area (Å²) >= 11 is 0. The molecule has 4 heterocycles. The smallest absolute Gasteiger partial charge is 0.164 e. The molecule has 0 bridgehead atoms. The van der Waals surface area contributed by atoms with E-state index in [0.717, 1.165) is 72.8 Å². The highest BCUT2D eigenvalue weighted by atomic mass is 15.2. The lowest BCUT2D eigenvalue weighted by molar-refractivity contribution is 0.674. The highest BCUT2D eigenvalue weighted by Crippen LogP contribution is 2.36. The largest absolute Gasteiger partial charge is 0.344 e. The lowest BCUT2D eigenvalue weighted by atomic mass is 9.97. The van der Waals surface area contributed by atoms with Gasteiger partial charge in [-0.3, -0.25) is 0 Å². The predicted molar refractivity (Wildman–Crippen MR) is 328 cm³/mol. The molecule has 1 aliphatic heterocycles. The summed E-state index contributed by atoms with van der Waals surface area (Å²) in [5.74, 6) is 3.31. The van der Waals surface area contributed by atoms with Crippen molar-refractivity contribution < 1.29 is 0 Å². The van der Waals surface area contributed by atoms with Gasteiger partial charge in [-0.25, -0.2) is 24.9 Å². The van der Waals surface area contributed by atoms with Crippen molar-refractivity contribution in [3.63, 3.8) is 0 Å². The molecule has 0 radical (unpaired) electrons. The first-order valence-electron chi connectivity index (χ1n) is 26.9. The van der Waals surface area contributed by atoms with Gasteiger partial charge in [-0.1, -0.05) is 200 Å².